The monoisotopic (exact) mass is 264 g/mol. The number of nitrogens with zero attached hydrogens (tertiary/aromatic N) is 3. The van der Waals surface area contributed by atoms with E-state index >= 15 is 0 Å². The van der Waals surface area contributed by atoms with Gasteiger partial charge in [0.25, 0.3) is 0 Å². The highest BCUT2D eigenvalue weighted by Crippen LogP contribution is 2.18. The van der Waals surface area contributed by atoms with Gasteiger partial charge in [-0.15, -0.1) is 0 Å². The molecule has 2 rings (SSSR count). The molecule has 1 aromatic rings. The van der Waals surface area contributed by atoms with Crippen molar-refractivity contribution in [2.45, 2.75) is 39.3 Å². The summed E-state index contributed by atoms with van der Waals surface area (Å²) >= 11 is 0. The van der Waals surface area contributed by atoms with Gasteiger partial charge in [0.2, 0.25) is 5.95 Å². The molecule has 0 spiro atoms. The van der Waals surface area contributed by atoms with Crippen LogP contribution in [0, 0.1) is 6.92 Å². The fourth-order valence-electron chi connectivity index (χ4n) is 2.38. The topological polar surface area (TPSA) is 50.3 Å². The molecule has 2 heterocycles. The molecule has 0 aromatic carbocycles. The van der Waals surface area contributed by atoms with Crippen molar-refractivity contribution in [1.82, 2.24) is 15.3 Å². The van der Waals surface area contributed by atoms with Gasteiger partial charge in [-0.2, -0.15) is 0 Å². The quantitative estimate of drug-likeness (QED) is 0.873. The minimum absolute atomic E-state index is 0.305. The molecule has 1 N–H and O–H groups in total. The number of anilines is 1. The van der Waals surface area contributed by atoms with Gasteiger partial charge < -0.3 is 15.0 Å². The standard InChI is InChI=1S/C14H24N4O/c1-4-15-8-12-9-16-14(17-11(12)2)18-7-5-6-13(10-18)19-3/h9,13,15H,4-8,10H2,1-3H3. The van der Waals surface area contributed by atoms with Gasteiger partial charge >= 0.3 is 0 Å². The second-order valence-corrected chi connectivity index (χ2v) is 5.01. The van der Waals surface area contributed by atoms with Crippen molar-refractivity contribution in [3.05, 3.63) is 17.5 Å². The van der Waals surface area contributed by atoms with E-state index in [1.54, 1.807) is 7.11 Å². The lowest BCUT2D eigenvalue weighted by atomic mass is 10.1. The highest BCUT2D eigenvalue weighted by molar-refractivity contribution is 5.33. The van der Waals surface area contributed by atoms with Crippen molar-refractivity contribution in [2.75, 3.05) is 31.6 Å². The fourth-order valence-corrected chi connectivity index (χ4v) is 2.38. The Kier molecular flexibility index (Phi) is 5.10. The number of aromatic nitrogens is 2. The summed E-state index contributed by atoms with van der Waals surface area (Å²) in [6, 6.07) is 0. The summed E-state index contributed by atoms with van der Waals surface area (Å²) < 4.78 is 5.44. The van der Waals surface area contributed by atoms with E-state index in [0.29, 0.717) is 6.10 Å². The molecule has 1 saturated heterocycles. The highest BCUT2D eigenvalue weighted by atomic mass is 16.5. The van der Waals surface area contributed by atoms with Gasteiger partial charge in [0.1, 0.15) is 0 Å². The zero-order valence-corrected chi connectivity index (χ0v) is 12.1. The molecular formula is C14H24N4O. The van der Waals surface area contributed by atoms with E-state index in [4.69, 9.17) is 4.74 Å². The molecule has 1 unspecified atom stereocenters. The maximum atomic E-state index is 5.44. The molecule has 5 heteroatoms. The molecule has 1 fully saturated rings. The number of rotatable bonds is 5. The third-order valence-corrected chi connectivity index (χ3v) is 3.63. The highest BCUT2D eigenvalue weighted by Gasteiger charge is 2.21. The second-order valence-electron chi connectivity index (χ2n) is 5.01. The van der Waals surface area contributed by atoms with Crippen LogP contribution in [0.2, 0.25) is 0 Å². The van der Waals surface area contributed by atoms with Gasteiger partial charge in [0.05, 0.1) is 6.10 Å². The summed E-state index contributed by atoms with van der Waals surface area (Å²) in [5, 5.41) is 3.31. The predicted octanol–water partition coefficient (Wildman–Crippen LogP) is 1.51. The Labute approximate surface area is 115 Å². The smallest absolute Gasteiger partial charge is 0.225 e. The summed E-state index contributed by atoms with van der Waals surface area (Å²) in [5.74, 6) is 0.833. The molecule has 5 nitrogen and oxygen atoms in total. The second kappa shape index (κ2) is 6.82. The number of nitrogens with one attached hydrogen (secondary N) is 1. The molecule has 1 aliphatic heterocycles. The van der Waals surface area contributed by atoms with Crippen molar-refractivity contribution in [3.63, 3.8) is 0 Å². The largest absolute Gasteiger partial charge is 0.380 e. The van der Waals surface area contributed by atoms with Crippen LogP contribution in [0.1, 0.15) is 31.0 Å². The van der Waals surface area contributed by atoms with Gasteiger partial charge in [-0.1, -0.05) is 6.92 Å². The van der Waals surface area contributed by atoms with E-state index < -0.39 is 0 Å². The van der Waals surface area contributed by atoms with E-state index in [1.807, 2.05) is 6.20 Å². The Hall–Kier alpha value is -1.20. The van der Waals surface area contributed by atoms with Crippen LogP contribution in [-0.4, -0.2) is 42.8 Å². The van der Waals surface area contributed by atoms with E-state index in [1.165, 1.54) is 5.56 Å². The first-order chi connectivity index (χ1) is 9.24. The van der Waals surface area contributed by atoms with Crippen LogP contribution in [0.15, 0.2) is 6.20 Å². The SMILES string of the molecule is CCNCc1cnc(N2CCCC(OC)C2)nc1C. The number of aryl methyl sites for hydroxylation is 1. The summed E-state index contributed by atoms with van der Waals surface area (Å²) in [7, 11) is 1.78. The van der Waals surface area contributed by atoms with Gasteiger partial charge in [-0.05, 0) is 26.3 Å². The summed E-state index contributed by atoms with van der Waals surface area (Å²) in [4.78, 5) is 11.4. The van der Waals surface area contributed by atoms with Crippen molar-refractivity contribution in [3.8, 4) is 0 Å². The number of piperidine rings is 1. The van der Waals surface area contributed by atoms with Crippen LogP contribution < -0.4 is 10.2 Å². The Morgan fingerprint density at radius 1 is 1.53 bits per heavy atom. The lowest BCUT2D eigenvalue weighted by Crippen LogP contribution is -2.40. The molecule has 0 amide bonds. The Morgan fingerprint density at radius 3 is 3.05 bits per heavy atom. The van der Waals surface area contributed by atoms with Crippen LogP contribution in [-0.2, 0) is 11.3 Å². The maximum absolute atomic E-state index is 5.44. The van der Waals surface area contributed by atoms with Gasteiger partial charge in [0.15, 0.2) is 0 Å². The van der Waals surface area contributed by atoms with Gasteiger partial charge in [0, 0.05) is 44.2 Å². The lowest BCUT2D eigenvalue weighted by Gasteiger charge is -2.32. The normalized spacial score (nSPS) is 19.7. The minimum Gasteiger partial charge on any atom is -0.380 e. The first-order valence-electron chi connectivity index (χ1n) is 7.05. The van der Waals surface area contributed by atoms with Gasteiger partial charge in [-0.3, -0.25) is 0 Å². The maximum Gasteiger partial charge on any atom is 0.225 e. The predicted molar refractivity (Wildman–Crippen MR) is 76.4 cm³/mol. The van der Waals surface area contributed by atoms with Crippen LogP contribution in [0.4, 0.5) is 5.95 Å². The van der Waals surface area contributed by atoms with E-state index in [2.05, 4.69) is 34.0 Å². The number of methoxy groups -OCH3 is 1. The first kappa shape index (κ1) is 14.2. The van der Waals surface area contributed by atoms with E-state index in [-0.39, 0.29) is 0 Å². The first-order valence-corrected chi connectivity index (χ1v) is 7.05. The molecule has 1 aliphatic rings. The molecule has 1 aromatic heterocycles. The molecule has 1 atom stereocenters. The third kappa shape index (κ3) is 3.64. The van der Waals surface area contributed by atoms with Crippen LogP contribution in [0.3, 0.4) is 0 Å². The number of hydrogen-bond donors (Lipinski definition) is 1. The van der Waals surface area contributed by atoms with Crippen molar-refractivity contribution < 1.29 is 4.74 Å². The molecule has 0 aliphatic carbocycles. The zero-order chi connectivity index (χ0) is 13.7. The third-order valence-electron chi connectivity index (χ3n) is 3.63. The number of hydrogen-bond acceptors (Lipinski definition) is 5. The average molecular weight is 264 g/mol. The van der Waals surface area contributed by atoms with Crippen molar-refractivity contribution in [2.24, 2.45) is 0 Å². The molecular weight excluding hydrogens is 240 g/mol. The van der Waals surface area contributed by atoms with E-state index in [9.17, 15) is 0 Å². The minimum atomic E-state index is 0.305. The summed E-state index contributed by atoms with van der Waals surface area (Å²) in [5.41, 5.74) is 2.23. The van der Waals surface area contributed by atoms with Crippen LogP contribution in [0.25, 0.3) is 0 Å². The summed E-state index contributed by atoms with van der Waals surface area (Å²) in [6.07, 6.45) is 4.51. The Bertz CT molecular complexity index is 410. The van der Waals surface area contributed by atoms with E-state index in [0.717, 1.165) is 50.7 Å². The zero-order valence-electron chi connectivity index (χ0n) is 12.1. The molecule has 0 radical (unpaired) electrons. The average Bonchev–Trinajstić information content (AvgIpc) is 2.46. The molecule has 106 valence electrons. The molecule has 19 heavy (non-hydrogen) atoms. The molecule has 0 saturated carbocycles. The fraction of sp³-hybridized carbons (Fsp3) is 0.714. The Morgan fingerprint density at radius 2 is 2.37 bits per heavy atom. The lowest BCUT2D eigenvalue weighted by molar-refractivity contribution is 0.0889. The van der Waals surface area contributed by atoms with Crippen molar-refractivity contribution >= 4 is 5.95 Å². The van der Waals surface area contributed by atoms with Crippen LogP contribution >= 0.6 is 0 Å². The molecule has 0 bridgehead atoms. The summed E-state index contributed by atoms with van der Waals surface area (Å²) in [6.45, 7) is 7.86. The van der Waals surface area contributed by atoms with Crippen molar-refractivity contribution in [1.29, 1.82) is 0 Å². The van der Waals surface area contributed by atoms with Gasteiger partial charge in [-0.25, -0.2) is 9.97 Å². The Balaban J connectivity index is 2.06. The number of ether oxygens (including phenoxy) is 1. The van der Waals surface area contributed by atoms with Crippen LogP contribution in [0.5, 0.6) is 0 Å².